The van der Waals surface area contributed by atoms with E-state index in [-0.39, 0.29) is 5.75 Å². The van der Waals surface area contributed by atoms with E-state index in [1.807, 2.05) is 19.9 Å². The minimum atomic E-state index is 0.256. The molecule has 0 unspecified atom stereocenters. The summed E-state index contributed by atoms with van der Waals surface area (Å²) in [6.07, 6.45) is 0. The van der Waals surface area contributed by atoms with Crippen molar-refractivity contribution >= 4 is 17.9 Å². The van der Waals surface area contributed by atoms with Gasteiger partial charge < -0.3 is 5.11 Å². The van der Waals surface area contributed by atoms with Gasteiger partial charge in [0.2, 0.25) is 5.65 Å². The average molecular weight is 255 g/mol. The van der Waals surface area contributed by atoms with Gasteiger partial charge in [0.15, 0.2) is 0 Å². The van der Waals surface area contributed by atoms with Crippen molar-refractivity contribution in [1.29, 1.82) is 0 Å². The lowest BCUT2D eigenvalue weighted by atomic mass is 10.2. The summed E-state index contributed by atoms with van der Waals surface area (Å²) < 4.78 is 1.56. The van der Waals surface area contributed by atoms with E-state index in [4.69, 9.17) is 0 Å². The van der Waals surface area contributed by atoms with Crippen LogP contribution in [0.3, 0.4) is 0 Å². The number of phenols is 1. The van der Waals surface area contributed by atoms with E-state index in [0.29, 0.717) is 22.2 Å². The summed E-state index contributed by atoms with van der Waals surface area (Å²) in [5.41, 5.74) is 2.16. The summed E-state index contributed by atoms with van der Waals surface area (Å²) in [5, 5.41) is 18.0. The molecular formula is C13H13N5O. The van der Waals surface area contributed by atoms with Gasteiger partial charge >= 0.3 is 0 Å². The van der Waals surface area contributed by atoms with Crippen LogP contribution < -0.4 is 10.7 Å². The van der Waals surface area contributed by atoms with Gasteiger partial charge in [-0.05, 0) is 37.6 Å². The van der Waals surface area contributed by atoms with Crippen molar-refractivity contribution in [2.75, 3.05) is 0 Å². The maximum atomic E-state index is 9.51. The minimum absolute atomic E-state index is 0.256. The second-order valence-electron chi connectivity index (χ2n) is 4.42. The third-order valence-corrected chi connectivity index (χ3v) is 2.87. The number of fused-ring (bicyclic) bond motifs is 1. The first-order valence-corrected chi connectivity index (χ1v) is 5.83. The molecule has 0 fully saturated rings. The third-order valence-electron chi connectivity index (χ3n) is 2.87. The third kappa shape index (κ3) is 1.87. The van der Waals surface area contributed by atoms with Gasteiger partial charge in [-0.25, -0.2) is 9.98 Å². The van der Waals surface area contributed by atoms with E-state index in [0.717, 1.165) is 11.3 Å². The molecule has 0 radical (unpaired) electrons. The predicted molar refractivity (Wildman–Crippen MR) is 70.9 cm³/mol. The molecule has 3 aromatic rings. The molecule has 0 saturated heterocycles. The van der Waals surface area contributed by atoms with Crippen molar-refractivity contribution in [2.24, 2.45) is 4.99 Å². The number of hydrogen-bond acceptors (Lipinski definition) is 4. The number of H-pyrrole nitrogens is 1. The van der Waals surface area contributed by atoms with E-state index in [9.17, 15) is 5.11 Å². The molecule has 0 aliphatic rings. The van der Waals surface area contributed by atoms with Gasteiger partial charge in [-0.2, -0.15) is 4.63 Å². The molecule has 0 bridgehead atoms. The molecule has 0 atom stereocenters. The average Bonchev–Trinajstić information content (AvgIpc) is 2.82. The van der Waals surface area contributed by atoms with Crippen LogP contribution in [0.5, 0.6) is 5.75 Å². The number of hydrogen-bond donors (Lipinski definition) is 2. The van der Waals surface area contributed by atoms with Gasteiger partial charge in [-0.15, -0.1) is 5.10 Å². The Bertz CT molecular complexity index is 874. The number of benzene rings is 1. The molecule has 2 aromatic heterocycles. The quantitative estimate of drug-likeness (QED) is 0.673. The molecule has 96 valence electrons. The lowest BCUT2D eigenvalue weighted by molar-refractivity contribution is 0.471. The molecule has 19 heavy (non-hydrogen) atoms. The molecule has 6 heteroatoms. The van der Waals surface area contributed by atoms with Crippen molar-refractivity contribution in [3.05, 3.63) is 40.3 Å². The molecule has 1 aromatic carbocycles. The van der Waals surface area contributed by atoms with E-state index in [2.05, 4.69) is 26.8 Å². The molecule has 0 spiro atoms. The summed E-state index contributed by atoms with van der Waals surface area (Å²) in [5.74, 6) is 0.927. The first-order chi connectivity index (χ1) is 9.04. The molecule has 0 saturated carbocycles. The van der Waals surface area contributed by atoms with E-state index in [1.165, 1.54) is 0 Å². The van der Waals surface area contributed by atoms with E-state index in [1.54, 1.807) is 16.8 Å². The maximum absolute atomic E-state index is 9.51. The lowest BCUT2D eigenvalue weighted by Gasteiger charge is -1.98. The fraction of sp³-hybridized carbons (Fsp3) is 0.154. The van der Waals surface area contributed by atoms with Gasteiger partial charge in [0, 0.05) is 0 Å². The molecule has 0 aliphatic carbocycles. The number of aromatic nitrogens is 4. The smallest absolute Gasteiger partial charge is 0.202 e. The topological polar surface area (TPSA) is 78.6 Å². The Morgan fingerprint density at radius 1 is 1.37 bits per heavy atom. The Morgan fingerprint density at radius 2 is 2.16 bits per heavy atom. The molecule has 2 heterocycles. The standard InChI is InChI=1S/C13H13N5O/c1-7-6-10(4-5-11(7)19)15-12-8(2)16-18-13(12)14-9(3)17-18/h4-6,16,19H,2H2,1,3H3. The van der Waals surface area contributed by atoms with Crippen LogP contribution in [0.1, 0.15) is 11.4 Å². The Hall–Kier alpha value is -2.63. The SMILES string of the molecule is C=c1[nH]n2nc(C)nc2c1=Nc1ccc(O)c(C)c1. The molecule has 0 aliphatic heterocycles. The van der Waals surface area contributed by atoms with Crippen LogP contribution in [-0.2, 0) is 0 Å². The first kappa shape index (κ1) is 11.5. The summed E-state index contributed by atoms with van der Waals surface area (Å²) in [4.78, 5) is 8.82. The number of phenolic OH excluding ortho intramolecular Hbond substituents is 1. The fourth-order valence-corrected chi connectivity index (χ4v) is 1.92. The summed E-state index contributed by atoms with van der Waals surface area (Å²) >= 11 is 0. The lowest BCUT2D eigenvalue weighted by Crippen LogP contribution is -2.21. The number of aryl methyl sites for hydroxylation is 2. The highest BCUT2D eigenvalue weighted by Crippen LogP contribution is 2.21. The number of aromatic hydroxyl groups is 1. The highest BCUT2D eigenvalue weighted by atomic mass is 16.3. The van der Waals surface area contributed by atoms with Crippen molar-refractivity contribution in [3.8, 4) is 5.75 Å². The van der Waals surface area contributed by atoms with Crippen LogP contribution >= 0.6 is 0 Å². The zero-order valence-electron chi connectivity index (χ0n) is 10.7. The Morgan fingerprint density at radius 3 is 2.89 bits per heavy atom. The number of rotatable bonds is 1. The zero-order valence-corrected chi connectivity index (χ0v) is 10.7. The van der Waals surface area contributed by atoms with Crippen LogP contribution in [-0.4, -0.2) is 24.9 Å². The van der Waals surface area contributed by atoms with Gasteiger partial charge in [-0.3, -0.25) is 5.10 Å². The molecule has 0 amide bonds. The second-order valence-corrected chi connectivity index (χ2v) is 4.42. The van der Waals surface area contributed by atoms with Crippen molar-refractivity contribution in [2.45, 2.75) is 13.8 Å². The van der Waals surface area contributed by atoms with Crippen molar-refractivity contribution in [1.82, 2.24) is 19.8 Å². The van der Waals surface area contributed by atoms with Crippen molar-refractivity contribution in [3.63, 3.8) is 0 Å². The molecule has 6 nitrogen and oxygen atoms in total. The van der Waals surface area contributed by atoms with E-state index < -0.39 is 0 Å². The zero-order chi connectivity index (χ0) is 13.6. The monoisotopic (exact) mass is 255 g/mol. The van der Waals surface area contributed by atoms with Gasteiger partial charge in [0.05, 0.1) is 11.0 Å². The highest BCUT2D eigenvalue weighted by molar-refractivity contribution is 5.48. The Kier molecular flexibility index (Phi) is 2.38. The molecule has 3 rings (SSSR count). The van der Waals surface area contributed by atoms with Gasteiger partial charge in [0.25, 0.3) is 0 Å². The van der Waals surface area contributed by atoms with Gasteiger partial charge in [0.1, 0.15) is 16.9 Å². The molecular weight excluding hydrogens is 242 g/mol. The van der Waals surface area contributed by atoms with Gasteiger partial charge in [-0.1, -0.05) is 6.58 Å². The number of aromatic amines is 1. The van der Waals surface area contributed by atoms with E-state index >= 15 is 0 Å². The number of nitrogens with one attached hydrogen (secondary N) is 1. The second kappa shape index (κ2) is 3.94. The minimum Gasteiger partial charge on any atom is -0.508 e. The van der Waals surface area contributed by atoms with Crippen LogP contribution in [0.25, 0.3) is 12.2 Å². The fourth-order valence-electron chi connectivity index (χ4n) is 1.92. The predicted octanol–water partition coefficient (Wildman–Crippen LogP) is 0.741. The van der Waals surface area contributed by atoms with Crippen LogP contribution in [0, 0.1) is 13.8 Å². The van der Waals surface area contributed by atoms with Crippen LogP contribution in [0.15, 0.2) is 23.2 Å². The summed E-state index contributed by atoms with van der Waals surface area (Å²) in [7, 11) is 0. The van der Waals surface area contributed by atoms with Crippen LogP contribution in [0.4, 0.5) is 5.69 Å². The highest BCUT2D eigenvalue weighted by Gasteiger charge is 2.05. The number of nitrogens with zero attached hydrogens (tertiary/aromatic N) is 4. The largest absolute Gasteiger partial charge is 0.508 e. The summed E-state index contributed by atoms with van der Waals surface area (Å²) in [6.45, 7) is 7.54. The maximum Gasteiger partial charge on any atom is 0.202 e. The normalized spacial score (nSPS) is 12.4. The summed E-state index contributed by atoms with van der Waals surface area (Å²) in [6, 6.07) is 5.17. The van der Waals surface area contributed by atoms with Crippen molar-refractivity contribution < 1.29 is 5.11 Å². The first-order valence-electron chi connectivity index (χ1n) is 5.83. The Balaban J connectivity index is 2.27. The molecule has 2 N–H and O–H groups in total. The van der Waals surface area contributed by atoms with Crippen LogP contribution in [0.2, 0.25) is 0 Å². The Labute approximate surface area is 108 Å².